The number of hydrogen-bond acceptors (Lipinski definition) is 4. The van der Waals surface area contributed by atoms with Crippen molar-refractivity contribution in [1.82, 2.24) is 9.80 Å². The number of nitrogens with zero attached hydrogens (tertiary/aromatic N) is 2. The van der Waals surface area contributed by atoms with Crippen LogP contribution in [-0.4, -0.2) is 60.6 Å². The number of ether oxygens (including phenoxy) is 1. The van der Waals surface area contributed by atoms with Crippen LogP contribution in [-0.2, 0) is 15.7 Å². The summed E-state index contributed by atoms with van der Waals surface area (Å²) < 4.78 is 14.0. The molecule has 3 aliphatic heterocycles. The zero-order valence-electron chi connectivity index (χ0n) is 26.0. The second-order valence-electron chi connectivity index (χ2n) is 14.5. The Kier molecular flexibility index (Phi) is 7.61. The molecule has 3 fully saturated rings. The van der Waals surface area contributed by atoms with E-state index in [9.17, 15) is 4.79 Å². The van der Waals surface area contributed by atoms with Gasteiger partial charge in [-0.2, -0.15) is 0 Å². The van der Waals surface area contributed by atoms with Gasteiger partial charge < -0.3 is 9.16 Å². The van der Waals surface area contributed by atoms with Crippen molar-refractivity contribution in [2.75, 3.05) is 6.54 Å². The first kappa shape index (κ1) is 29.2. The van der Waals surface area contributed by atoms with Gasteiger partial charge in [0.2, 0.25) is 0 Å². The number of likely N-dealkylation sites (tertiary alicyclic amines) is 1. The summed E-state index contributed by atoms with van der Waals surface area (Å²) in [7, 11) is -2.85. The summed E-state index contributed by atoms with van der Waals surface area (Å²) in [6.07, 6.45) is 1.63. The summed E-state index contributed by atoms with van der Waals surface area (Å²) in [4.78, 5) is 18.6. The van der Waals surface area contributed by atoms with Gasteiger partial charge in [0.15, 0.2) is 0 Å². The molecule has 1 amide bonds. The van der Waals surface area contributed by atoms with Crippen molar-refractivity contribution in [3.05, 3.63) is 96.6 Å². The van der Waals surface area contributed by atoms with Gasteiger partial charge in [-0.3, -0.25) is 9.80 Å². The van der Waals surface area contributed by atoms with E-state index in [1.165, 1.54) is 15.9 Å². The van der Waals surface area contributed by atoms with Crippen molar-refractivity contribution < 1.29 is 14.0 Å². The maximum atomic E-state index is 13.9. The summed E-state index contributed by atoms with van der Waals surface area (Å²) in [5, 5.41) is 2.40. The third kappa shape index (κ3) is 5.22. The number of benzene rings is 3. The van der Waals surface area contributed by atoms with Gasteiger partial charge in [0, 0.05) is 13.1 Å². The second-order valence-corrected chi connectivity index (χ2v) is 18.8. The van der Waals surface area contributed by atoms with E-state index in [1.807, 2.05) is 20.8 Å². The molecule has 1 unspecified atom stereocenters. The largest absolute Gasteiger partial charge is 0.444 e. The molecule has 0 saturated carbocycles. The minimum atomic E-state index is -2.85. The van der Waals surface area contributed by atoms with Crippen LogP contribution >= 0.6 is 0 Å². The topological polar surface area (TPSA) is 42.0 Å². The molecule has 0 aliphatic carbocycles. The number of carbonyl (C=O) groups is 1. The van der Waals surface area contributed by atoms with Crippen LogP contribution in [0.4, 0.5) is 4.79 Å². The molecule has 0 radical (unpaired) electrons. The first-order valence-corrected chi connectivity index (χ1v) is 17.5. The molecule has 3 aliphatic rings. The maximum absolute atomic E-state index is 13.9. The van der Waals surface area contributed by atoms with Crippen molar-refractivity contribution in [1.29, 1.82) is 0 Å². The quantitative estimate of drug-likeness (QED) is 0.324. The highest BCUT2D eigenvalue weighted by Crippen LogP contribution is 2.50. The van der Waals surface area contributed by atoms with Crippen molar-refractivity contribution in [3.8, 4) is 0 Å². The van der Waals surface area contributed by atoms with E-state index in [-0.39, 0.29) is 35.4 Å². The lowest BCUT2D eigenvalue weighted by atomic mass is 9.86. The Labute approximate surface area is 253 Å². The van der Waals surface area contributed by atoms with Gasteiger partial charge in [-0.15, -0.1) is 0 Å². The Balaban J connectivity index is 1.48. The molecule has 3 aromatic rings. The first-order valence-electron chi connectivity index (χ1n) is 15.6. The van der Waals surface area contributed by atoms with Crippen molar-refractivity contribution in [2.24, 2.45) is 5.92 Å². The third-order valence-corrected chi connectivity index (χ3v) is 14.5. The summed E-state index contributed by atoms with van der Waals surface area (Å²) in [6, 6.07) is 32.7. The smallest absolute Gasteiger partial charge is 0.410 e. The average molecular weight is 583 g/mol. The number of fused-ring (bicyclic) bond motifs is 2. The fourth-order valence-electron chi connectivity index (χ4n) is 7.97. The number of carbonyl (C=O) groups excluding carboxylic acids is 1. The highest BCUT2D eigenvalue weighted by atomic mass is 28.4. The lowest BCUT2D eigenvalue weighted by molar-refractivity contribution is -0.0205. The zero-order chi connectivity index (χ0) is 29.7. The molecule has 222 valence electrons. The van der Waals surface area contributed by atoms with Crippen LogP contribution in [0.15, 0.2) is 91.0 Å². The van der Waals surface area contributed by atoms with E-state index in [4.69, 9.17) is 9.16 Å². The second kappa shape index (κ2) is 11.0. The molecular formula is C36H46N2O3Si. The van der Waals surface area contributed by atoms with Gasteiger partial charge in [-0.1, -0.05) is 112 Å². The minimum absolute atomic E-state index is 0.0176. The van der Waals surface area contributed by atoms with E-state index in [1.54, 1.807) is 0 Å². The molecule has 5 nitrogen and oxygen atoms in total. The van der Waals surface area contributed by atoms with E-state index in [2.05, 4.69) is 122 Å². The van der Waals surface area contributed by atoms with Crippen LogP contribution in [0, 0.1) is 5.92 Å². The van der Waals surface area contributed by atoms with E-state index >= 15 is 0 Å². The monoisotopic (exact) mass is 582 g/mol. The number of rotatable bonds is 6. The van der Waals surface area contributed by atoms with Gasteiger partial charge in [-0.05, 0) is 60.5 Å². The summed E-state index contributed by atoms with van der Waals surface area (Å²) in [5.41, 5.74) is 0.751. The average Bonchev–Trinajstić information content (AvgIpc) is 3.06. The lowest BCUT2D eigenvalue weighted by Crippen LogP contribution is -2.69. The number of amides is 1. The van der Waals surface area contributed by atoms with Gasteiger partial charge in [-0.25, -0.2) is 4.79 Å². The fourth-order valence-corrected chi connectivity index (χ4v) is 12.7. The van der Waals surface area contributed by atoms with E-state index in [0.29, 0.717) is 5.92 Å². The normalized spacial score (nSPS) is 26.0. The highest BCUT2D eigenvalue weighted by Gasteiger charge is 2.64. The van der Waals surface area contributed by atoms with Gasteiger partial charge >= 0.3 is 6.09 Å². The van der Waals surface area contributed by atoms with Crippen LogP contribution in [0.1, 0.15) is 59.9 Å². The highest BCUT2D eigenvalue weighted by molar-refractivity contribution is 6.99. The molecule has 6 rings (SSSR count). The van der Waals surface area contributed by atoms with Crippen LogP contribution in [0.3, 0.4) is 0 Å². The molecule has 0 spiro atoms. The molecule has 0 aromatic heterocycles. The third-order valence-electron chi connectivity index (χ3n) is 9.45. The Morgan fingerprint density at radius 2 is 1.31 bits per heavy atom. The Hall–Kier alpha value is -2.93. The van der Waals surface area contributed by atoms with Gasteiger partial charge in [0.25, 0.3) is 8.32 Å². The molecule has 6 heteroatoms. The van der Waals surface area contributed by atoms with E-state index in [0.717, 1.165) is 25.9 Å². The zero-order valence-corrected chi connectivity index (χ0v) is 27.0. The minimum Gasteiger partial charge on any atom is -0.444 e. The van der Waals surface area contributed by atoms with Crippen LogP contribution in [0.5, 0.6) is 0 Å². The molecule has 3 heterocycles. The molecule has 42 heavy (non-hydrogen) atoms. The van der Waals surface area contributed by atoms with Crippen LogP contribution in [0.2, 0.25) is 5.04 Å². The van der Waals surface area contributed by atoms with Crippen LogP contribution < -0.4 is 10.4 Å². The van der Waals surface area contributed by atoms with Gasteiger partial charge in [0.05, 0.1) is 24.2 Å². The molecule has 0 N–H and O–H groups in total. The van der Waals surface area contributed by atoms with E-state index < -0.39 is 13.9 Å². The predicted octanol–water partition coefficient (Wildman–Crippen LogP) is 6.21. The molecule has 3 saturated heterocycles. The SMILES string of the molecule is CC(C)(C)OC(=O)N1[C@@H]2C[C@@H]3C[C@H]1C([C@H]2O[Si](c1ccccc1)(c1ccccc1)C(C)(C)C)N(Cc1ccccc1)C3. The lowest BCUT2D eigenvalue weighted by Gasteiger charge is -2.47. The Morgan fingerprint density at radius 1 is 0.786 bits per heavy atom. The number of piperidine rings is 2. The molecular weight excluding hydrogens is 536 g/mol. The van der Waals surface area contributed by atoms with Gasteiger partial charge in [0.1, 0.15) is 5.60 Å². The molecule has 3 aromatic carbocycles. The summed E-state index contributed by atoms with van der Waals surface area (Å²) in [5.74, 6) is 0.534. The fraction of sp³-hybridized carbons (Fsp3) is 0.472. The Bertz CT molecular complexity index is 1330. The summed E-state index contributed by atoms with van der Waals surface area (Å²) >= 11 is 0. The summed E-state index contributed by atoms with van der Waals surface area (Å²) in [6.45, 7) is 14.8. The molecule has 5 atom stereocenters. The van der Waals surface area contributed by atoms with Crippen molar-refractivity contribution >= 4 is 24.8 Å². The van der Waals surface area contributed by atoms with Crippen LogP contribution in [0.25, 0.3) is 0 Å². The maximum Gasteiger partial charge on any atom is 0.410 e. The number of hydrogen-bond donors (Lipinski definition) is 0. The Morgan fingerprint density at radius 3 is 1.83 bits per heavy atom. The van der Waals surface area contributed by atoms with Crippen molar-refractivity contribution in [2.45, 2.75) is 95.8 Å². The first-order chi connectivity index (χ1) is 20.0. The standard InChI is InChI=1S/C36H46N2O3Si/c1-35(2,3)40-34(39)38-30-22-27-23-31(38)33(32(30)37(25-27)24-26-16-10-7-11-17-26)41-42(36(4,5)6,28-18-12-8-13-19-28)29-20-14-9-15-21-29/h7-21,27,30-33H,22-25H2,1-6H3/t27-,30-,31+,32?,33-/m0/s1. The molecule has 3 bridgehead atoms. The predicted molar refractivity (Wildman–Crippen MR) is 172 cm³/mol. The van der Waals surface area contributed by atoms with Crippen molar-refractivity contribution in [3.63, 3.8) is 0 Å².